The highest BCUT2D eigenvalue weighted by atomic mass is 35.5. The Morgan fingerprint density at radius 1 is 1.11 bits per heavy atom. The molecule has 5 rings (SSSR count). The highest BCUT2D eigenvalue weighted by Crippen LogP contribution is 2.32. The van der Waals surface area contributed by atoms with Crippen LogP contribution in [-0.4, -0.2) is 15.9 Å². The first-order valence-corrected chi connectivity index (χ1v) is 9.74. The Morgan fingerprint density at radius 3 is 2.93 bits per heavy atom. The quantitative estimate of drug-likeness (QED) is 0.399. The smallest absolute Gasteiger partial charge is 0.266 e. The van der Waals surface area contributed by atoms with E-state index < -0.39 is 0 Å². The number of carbonyl (C=O) groups is 1. The topological polar surface area (TPSA) is 68.0 Å². The van der Waals surface area contributed by atoms with E-state index in [4.69, 9.17) is 16.0 Å². The fourth-order valence-corrected chi connectivity index (χ4v) is 4.00. The summed E-state index contributed by atoms with van der Waals surface area (Å²) >= 11 is 7.35. The summed E-state index contributed by atoms with van der Waals surface area (Å²) in [7, 11) is 0. The van der Waals surface area contributed by atoms with Crippen molar-refractivity contribution in [3.63, 3.8) is 0 Å². The number of hydrogen-bond donors (Lipinski definition) is 1. The van der Waals surface area contributed by atoms with E-state index in [9.17, 15) is 4.79 Å². The average molecular weight is 406 g/mol. The van der Waals surface area contributed by atoms with Gasteiger partial charge in [0.25, 0.3) is 5.91 Å². The van der Waals surface area contributed by atoms with Crippen LogP contribution in [0.15, 0.2) is 70.6 Å². The Labute approximate surface area is 168 Å². The Balaban J connectivity index is 1.52. The molecule has 0 spiro atoms. The number of nitrogens with one attached hydrogen (secondary N) is 1. The lowest BCUT2D eigenvalue weighted by Crippen LogP contribution is -2.11. The number of pyridine rings is 1. The van der Waals surface area contributed by atoms with Crippen molar-refractivity contribution < 1.29 is 9.21 Å². The number of nitrogens with zero attached hydrogens (tertiary/aromatic N) is 2. The highest BCUT2D eigenvalue weighted by molar-refractivity contribution is 7.12. The van der Waals surface area contributed by atoms with Crippen molar-refractivity contribution >= 4 is 56.5 Å². The Hall–Kier alpha value is -3.22. The van der Waals surface area contributed by atoms with Crippen molar-refractivity contribution in [2.75, 3.05) is 5.32 Å². The van der Waals surface area contributed by atoms with E-state index in [2.05, 4.69) is 15.3 Å². The fraction of sp³-hybridized carbons (Fsp3) is 0. The molecule has 0 aliphatic heterocycles. The van der Waals surface area contributed by atoms with Gasteiger partial charge in [-0.1, -0.05) is 29.8 Å². The molecule has 136 valence electrons. The predicted octanol–water partition coefficient (Wildman–Crippen LogP) is 6.01. The second-order valence-corrected chi connectivity index (χ2v) is 7.48. The minimum absolute atomic E-state index is 0.233. The van der Waals surface area contributed by atoms with Gasteiger partial charge in [-0.3, -0.25) is 9.78 Å². The second-order valence-electron chi connectivity index (χ2n) is 6.13. The monoisotopic (exact) mass is 405 g/mol. The van der Waals surface area contributed by atoms with Gasteiger partial charge < -0.3 is 9.73 Å². The molecule has 3 aromatic heterocycles. The van der Waals surface area contributed by atoms with Crippen LogP contribution in [0.2, 0.25) is 5.02 Å². The van der Waals surface area contributed by atoms with Gasteiger partial charge in [0.2, 0.25) is 5.89 Å². The number of amides is 1. The summed E-state index contributed by atoms with van der Waals surface area (Å²) in [4.78, 5) is 22.3. The van der Waals surface area contributed by atoms with E-state index in [0.29, 0.717) is 38.1 Å². The molecule has 0 atom stereocenters. The number of anilines is 1. The molecule has 5 aromatic rings. The molecule has 0 fully saturated rings. The lowest BCUT2D eigenvalue weighted by molar-refractivity contribution is 0.103. The van der Waals surface area contributed by atoms with Gasteiger partial charge in [0.05, 0.1) is 16.8 Å². The first kappa shape index (κ1) is 16.9. The normalized spacial score (nSPS) is 11.2. The SMILES string of the molecule is O=C(Nc1cccc2cccnc12)c1sccc1-c1nc2cc(Cl)ccc2o1. The van der Waals surface area contributed by atoms with Crippen molar-refractivity contribution in [2.45, 2.75) is 0 Å². The maximum atomic E-state index is 13.0. The Morgan fingerprint density at radius 2 is 2.00 bits per heavy atom. The fourth-order valence-electron chi connectivity index (χ4n) is 3.05. The zero-order valence-corrected chi connectivity index (χ0v) is 15.9. The molecule has 0 bridgehead atoms. The first-order valence-electron chi connectivity index (χ1n) is 8.48. The molecule has 0 saturated heterocycles. The van der Waals surface area contributed by atoms with Crippen LogP contribution in [0.5, 0.6) is 0 Å². The first-order chi connectivity index (χ1) is 13.7. The van der Waals surface area contributed by atoms with Crippen LogP contribution in [0.3, 0.4) is 0 Å². The molecular weight excluding hydrogens is 394 g/mol. The minimum atomic E-state index is -0.233. The third-order valence-electron chi connectivity index (χ3n) is 4.33. The number of aromatic nitrogens is 2. The number of hydrogen-bond acceptors (Lipinski definition) is 5. The van der Waals surface area contributed by atoms with E-state index in [1.807, 2.05) is 41.8 Å². The van der Waals surface area contributed by atoms with Crippen molar-refractivity contribution in [2.24, 2.45) is 0 Å². The van der Waals surface area contributed by atoms with Gasteiger partial charge in [0, 0.05) is 16.6 Å². The molecular formula is C21H12ClN3O2S. The molecule has 0 radical (unpaired) electrons. The molecule has 0 aliphatic rings. The average Bonchev–Trinajstić information content (AvgIpc) is 3.34. The summed E-state index contributed by atoms with van der Waals surface area (Å²) < 4.78 is 5.82. The molecule has 0 unspecified atom stereocenters. The largest absolute Gasteiger partial charge is 0.436 e. The van der Waals surface area contributed by atoms with E-state index in [0.717, 1.165) is 10.9 Å². The standard InChI is InChI=1S/C21H12ClN3O2S/c22-13-6-7-17-16(11-13)25-21(27-17)14-8-10-28-19(14)20(26)24-15-5-1-3-12-4-2-9-23-18(12)15/h1-11H,(H,24,26). The predicted molar refractivity (Wildman–Crippen MR) is 112 cm³/mol. The molecule has 7 heteroatoms. The van der Waals surface area contributed by atoms with Gasteiger partial charge in [-0.15, -0.1) is 11.3 Å². The number of fused-ring (bicyclic) bond motifs is 2. The van der Waals surface area contributed by atoms with E-state index in [1.165, 1.54) is 11.3 Å². The number of para-hydroxylation sites is 1. The number of carbonyl (C=O) groups excluding carboxylic acids is 1. The molecule has 0 saturated carbocycles. The minimum Gasteiger partial charge on any atom is -0.436 e. The molecule has 5 nitrogen and oxygen atoms in total. The van der Waals surface area contributed by atoms with Gasteiger partial charge in [0.1, 0.15) is 10.4 Å². The van der Waals surface area contributed by atoms with E-state index in [-0.39, 0.29) is 5.91 Å². The lowest BCUT2D eigenvalue weighted by atomic mass is 10.2. The molecule has 28 heavy (non-hydrogen) atoms. The van der Waals surface area contributed by atoms with Crippen molar-refractivity contribution in [3.05, 3.63) is 76.1 Å². The van der Waals surface area contributed by atoms with Gasteiger partial charge in [-0.25, -0.2) is 4.98 Å². The highest BCUT2D eigenvalue weighted by Gasteiger charge is 2.20. The van der Waals surface area contributed by atoms with Crippen LogP contribution >= 0.6 is 22.9 Å². The maximum Gasteiger partial charge on any atom is 0.266 e. The summed E-state index contributed by atoms with van der Waals surface area (Å²) in [6.45, 7) is 0. The van der Waals surface area contributed by atoms with Crippen LogP contribution in [0.25, 0.3) is 33.5 Å². The van der Waals surface area contributed by atoms with Crippen LogP contribution < -0.4 is 5.32 Å². The summed E-state index contributed by atoms with van der Waals surface area (Å²) in [5.41, 5.74) is 3.32. The van der Waals surface area contributed by atoms with Crippen LogP contribution in [0.4, 0.5) is 5.69 Å². The number of oxazole rings is 1. The van der Waals surface area contributed by atoms with Crippen LogP contribution in [0, 0.1) is 0 Å². The summed E-state index contributed by atoms with van der Waals surface area (Å²) in [6.07, 6.45) is 1.71. The van der Waals surface area contributed by atoms with E-state index in [1.54, 1.807) is 24.4 Å². The second kappa shape index (κ2) is 6.74. The number of benzene rings is 2. The van der Waals surface area contributed by atoms with Gasteiger partial charge >= 0.3 is 0 Å². The van der Waals surface area contributed by atoms with Crippen molar-refractivity contribution in [3.8, 4) is 11.5 Å². The third-order valence-corrected chi connectivity index (χ3v) is 5.48. The Bertz CT molecular complexity index is 1340. The molecule has 0 aliphatic carbocycles. The summed E-state index contributed by atoms with van der Waals surface area (Å²) in [6, 6.07) is 16.6. The number of thiophene rings is 1. The summed E-state index contributed by atoms with van der Waals surface area (Å²) in [5.74, 6) is 0.156. The number of halogens is 1. The molecule has 1 N–H and O–H groups in total. The number of rotatable bonds is 3. The lowest BCUT2D eigenvalue weighted by Gasteiger charge is -2.07. The zero-order valence-electron chi connectivity index (χ0n) is 14.3. The van der Waals surface area contributed by atoms with Crippen LogP contribution in [0.1, 0.15) is 9.67 Å². The third kappa shape index (κ3) is 2.93. The van der Waals surface area contributed by atoms with Crippen molar-refractivity contribution in [1.29, 1.82) is 0 Å². The molecule has 2 aromatic carbocycles. The van der Waals surface area contributed by atoms with Gasteiger partial charge in [0.15, 0.2) is 5.58 Å². The van der Waals surface area contributed by atoms with Gasteiger partial charge in [-0.05, 0) is 41.8 Å². The van der Waals surface area contributed by atoms with Gasteiger partial charge in [-0.2, -0.15) is 0 Å². The molecule has 1 amide bonds. The van der Waals surface area contributed by atoms with Crippen LogP contribution in [-0.2, 0) is 0 Å². The summed E-state index contributed by atoms with van der Waals surface area (Å²) in [5, 5.41) is 6.34. The maximum absolute atomic E-state index is 13.0. The Kier molecular flexibility index (Phi) is 4.07. The molecule has 3 heterocycles. The van der Waals surface area contributed by atoms with Crippen molar-refractivity contribution in [1.82, 2.24) is 9.97 Å². The van der Waals surface area contributed by atoms with E-state index >= 15 is 0 Å². The zero-order chi connectivity index (χ0) is 19.1.